The van der Waals surface area contributed by atoms with Gasteiger partial charge in [0.15, 0.2) is 0 Å². The molecule has 1 fully saturated rings. The molecule has 0 spiro atoms. The van der Waals surface area contributed by atoms with E-state index in [1.807, 2.05) is 0 Å². The minimum Gasteiger partial charge on any atom is -0.384 e. The summed E-state index contributed by atoms with van der Waals surface area (Å²) in [6, 6.07) is 2.89. The fourth-order valence-electron chi connectivity index (χ4n) is 1.92. The monoisotopic (exact) mass is 287 g/mol. The summed E-state index contributed by atoms with van der Waals surface area (Å²) >= 11 is 1.80. The second-order valence-electron chi connectivity index (χ2n) is 4.86. The molecule has 100 valence electrons. The Morgan fingerprint density at radius 1 is 1.50 bits per heavy atom. The number of hydrogen-bond donors (Lipinski definition) is 1. The lowest BCUT2D eigenvalue weighted by molar-refractivity contribution is 0.387. The summed E-state index contributed by atoms with van der Waals surface area (Å²) in [5.74, 6) is 1.04. The molecule has 0 aromatic carbocycles. The van der Waals surface area contributed by atoms with Gasteiger partial charge in [-0.05, 0) is 19.9 Å². The van der Waals surface area contributed by atoms with Gasteiger partial charge >= 0.3 is 0 Å². The highest BCUT2D eigenvalue weighted by molar-refractivity contribution is 8.00. The first-order valence-electron chi connectivity index (χ1n) is 5.67. The zero-order valence-electron chi connectivity index (χ0n) is 10.5. The van der Waals surface area contributed by atoms with Gasteiger partial charge < -0.3 is 5.73 Å². The zero-order chi connectivity index (χ0) is 13.4. The first-order valence-corrected chi connectivity index (χ1v) is 8.09. The van der Waals surface area contributed by atoms with Gasteiger partial charge in [-0.2, -0.15) is 16.1 Å². The van der Waals surface area contributed by atoms with Gasteiger partial charge in [0.2, 0.25) is 10.0 Å². The van der Waals surface area contributed by atoms with Crippen LogP contribution < -0.4 is 5.73 Å². The normalized spacial score (nSPS) is 20.8. The third-order valence-corrected chi connectivity index (χ3v) is 5.92. The maximum atomic E-state index is 12.5. The number of aromatic nitrogens is 1. The van der Waals surface area contributed by atoms with E-state index < -0.39 is 10.0 Å². The molecule has 2 heterocycles. The van der Waals surface area contributed by atoms with Crippen LogP contribution in [0.4, 0.5) is 5.82 Å². The molecule has 1 saturated heterocycles. The minimum absolute atomic E-state index is 0.0517. The molecular formula is C11H17N3O2S2. The van der Waals surface area contributed by atoms with E-state index in [2.05, 4.69) is 18.8 Å². The maximum absolute atomic E-state index is 12.5. The third kappa shape index (κ3) is 2.78. The van der Waals surface area contributed by atoms with Crippen molar-refractivity contribution >= 4 is 27.6 Å². The molecule has 18 heavy (non-hydrogen) atoms. The van der Waals surface area contributed by atoms with Crippen LogP contribution in [0.15, 0.2) is 23.2 Å². The van der Waals surface area contributed by atoms with E-state index in [1.54, 1.807) is 11.8 Å². The van der Waals surface area contributed by atoms with E-state index in [-0.39, 0.29) is 15.5 Å². The van der Waals surface area contributed by atoms with Gasteiger partial charge in [0.1, 0.15) is 5.82 Å². The molecule has 1 aromatic rings. The van der Waals surface area contributed by atoms with Crippen LogP contribution in [-0.2, 0) is 10.0 Å². The van der Waals surface area contributed by atoms with Crippen LogP contribution in [0.3, 0.4) is 0 Å². The first-order chi connectivity index (χ1) is 8.31. The molecule has 0 unspecified atom stereocenters. The zero-order valence-corrected chi connectivity index (χ0v) is 12.1. The van der Waals surface area contributed by atoms with Crippen LogP contribution in [0, 0.1) is 0 Å². The molecule has 2 N–H and O–H groups in total. The van der Waals surface area contributed by atoms with E-state index in [9.17, 15) is 8.42 Å². The predicted molar refractivity (Wildman–Crippen MR) is 73.9 cm³/mol. The van der Waals surface area contributed by atoms with Gasteiger partial charge in [0, 0.05) is 35.9 Å². The minimum atomic E-state index is -3.46. The summed E-state index contributed by atoms with van der Waals surface area (Å²) in [5, 5.41) is 0. The lowest BCUT2D eigenvalue weighted by Crippen LogP contribution is -2.46. The quantitative estimate of drug-likeness (QED) is 0.884. The van der Waals surface area contributed by atoms with Crippen LogP contribution in [-0.4, -0.2) is 41.3 Å². The average Bonchev–Trinajstić information content (AvgIpc) is 2.27. The summed E-state index contributed by atoms with van der Waals surface area (Å²) in [4.78, 5) is 4.04. The SMILES string of the molecule is CC1(C)CN(S(=O)(=O)c2ccnc(N)c2)CCS1. The van der Waals surface area contributed by atoms with E-state index in [4.69, 9.17) is 5.73 Å². The maximum Gasteiger partial charge on any atom is 0.243 e. The Bertz CT molecular complexity index is 543. The second-order valence-corrected chi connectivity index (χ2v) is 8.60. The Morgan fingerprint density at radius 3 is 2.83 bits per heavy atom. The van der Waals surface area contributed by atoms with Crippen molar-refractivity contribution < 1.29 is 8.42 Å². The van der Waals surface area contributed by atoms with Gasteiger partial charge in [-0.25, -0.2) is 13.4 Å². The van der Waals surface area contributed by atoms with Gasteiger partial charge in [-0.3, -0.25) is 0 Å². The number of sulfonamides is 1. The summed E-state index contributed by atoms with van der Waals surface area (Å²) in [6.07, 6.45) is 1.42. The number of rotatable bonds is 2. The second kappa shape index (κ2) is 4.71. The highest BCUT2D eigenvalue weighted by Gasteiger charge is 2.34. The molecule has 0 radical (unpaired) electrons. The Labute approximate surface area is 112 Å². The highest BCUT2D eigenvalue weighted by atomic mass is 32.2. The molecule has 0 bridgehead atoms. The fourth-order valence-corrected chi connectivity index (χ4v) is 4.85. The van der Waals surface area contributed by atoms with E-state index in [1.165, 1.54) is 22.6 Å². The molecule has 2 rings (SSSR count). The van der Waals surface area contributed by atoms with Gasteiger partial charge in [-0.1, -0.05) is 0 Å². The Morgan fingerprint density at radius 2 is 2.22 bits per heavy atom. The van der Waals surface area contributed by atoms with E-state index >= 15 is 0 Å². The molecular weight excluding hydrogens is 270 g/mol. The van der Waals surface area contributed by atoms with Crippen molar-refractivity contribution in [1.82, 2.24) is 9.29 Å². The first kappa shape index (κ1) is 13.6. The predicted octanol–water partition coefficient (Wildman–Crippen LogP) is 1.18. The third-order valence-electron chi connectivity index (χ3n) is 2.78. The summed E-state index contributed by atoms with van der Waals surface area (Å²) in [5.41, 5.74) is 5.54. The molecule has 0 atom stereocenters. The lowest BCUT2D eigenvalue weighted by atomic mass is 10.2. The standard InChI is InChI=1S/C11H17N3O2S2/c1-11(2)8-14(5-6-17-11)18(15,16)9-3-4-13-10(12)7-9/h3-4,7H,5-6,8H2,1-2H3,(H2,12,13). The highest BCUT2D eigenvalue weighted by Crippen LogP contribution is 2.32. The van der Waals surface area contributed by atoms with Crippen molar-refractivity contribution in [2.24, 2.45) is 0 Å². The Kier molecular flexibility index (Phi) is 3.57. The molecule has 7 heteroatoms. The number of thioether (sulfide) groups is 1. The van der Waals surface area contributed by atoms with E-state index in [0.29, 0.717) is 13.1 Å². The molecule has 5 nitrogen and oxygen atoms in total. The fraction of sp³-hybridized carbons (Fsp3) is 0.545. The van der Waals surface area contributed by atoms with Crippen molar-refractivity contribution in [2.75, 3.05) is 24.6 Å². The molecule has 1 aliphatic heterocycles. The van der Waals surface area contributed by atoms with Crippen LogP contribution in [0.2, 0.25) is 0 Å². The van der Waals surface area contributed by atoms with Crippen LogP contribution in [0.1, 0.15) is 13.8 Å². The number of pyridine rings is 1. The summed E-state index contributed by atoms with van der Waals surface area (Å²) < 4.78 is 26.4. The van der Waals surface area contributed by atoms with Gasteiger partial charge in [-0.15, -0.1) is 0 Å². The summed E-state index contributed by atoms with van der Waals surface area (Å²) in [7, 11) is -3.46. The van der Waals surface area contributed by atoms with Crippen molar-refractivity contribution in [3.8, 4) is 0 Å². The van der Waals surface area contributed by atoms with Crippen molar-refractivity contribution in [1.29, 1.82) is 0 Å². The number of nitrogens with two attached hydrogens (primary N) is 1. The number of nitrogen functional groups attached to an aromatic ring is 1. The Hall–Kier alpha value is -0.790. The Balaban J connectivity index is 2.31. The van der Waals surface area contributed by atoms with Crippen LogP contribution >= 0.6 is 11.8 Å². The van der Waals surface area contributed by atoms with Crippen molar-refractivity contribution in [2.45, 2.75) is 23.5 Å². The van der Waals surface area contributed by atoms with Gasteiger partial charge in [0.05, 0.1) is 4.90 Å². The molecule has 1 aromatic heterocycles. The number of anilines is 1. The van der Waals surface area contributed by atoms with Crippen molar-refractivity contribution in [3.05, 3.63) is 18.3 Å². The topological polar surface area (TPSA) is 76.3 Å². The summed E-state index contributed by atoms with van der Waals surface area (Å²) in [6.45, 7) is 5.17. The molecule has 0 saturated carbocycles. The molecule has 0 aliphatic carbocycles. The number of hydrogen-bond acceptors (Lipinski definition) is 5. The average molecular weight is 287 g/mol. The lowest BCUT2D eigenvalue weighted by Gasteiger charge is -2.36. The van der Waals surface area contributed by atoms with E-state index in [0.717, 1.165) is 5.75 Å². The van der Waals surface area contributed by atoms with Gasteiger partial charge in [0.25, 0.3) is 0 Å². The number of nitrogens with zero attached hydrogens (tertiary/aromatic N) is 2. The largest absolute Gasteiger partial charge is 0.384 e. The van der Waals surface area contributed by atoms with Crippen LogP contribution in [0.5, 0.6) is 0 Å². The smallest absolute Gasteiger partial charge is 0.243 e. The molecule has 0 amide bonds. The van der Waals surface area contributed by atoms with Crippen molar-refractivity contribution in [3.63, 3.8) is 0 Å². The molecule has 1 aliphatic rings. The van der Waals surface area contributed by atoms with Crippen LogP contribution in [0.25, 0.3) is 0 Å².